The van der Waals surface area contributed by atoms with Crippen molar-refractivity contribution in [1.29, 1.82) is 0 Å². The summed E-state index contributed by atoms with van der Waals surface area (Å²) < 4.78 is 2.28. The van der Waals surface area contributed by atoms with Crippen LogP contribution in [-0.4, -0.2) is 31.3 Å². The number of aromatic nitrogens is 5. The molecule has 2 aromatic heterocycles. The predicted octanol–water partition coefficient (Wildman–Crippen LogP) is 2.97. The van der Waals surface area contributed by atoms with Crippen LogP contribution in [-0.2, 0) is 19.4 Å². The van der Waals surface area contributed by atoms with Crippen LogP contribution in [0.3, 0.4) is 0 Å². The highest BCUT2D eigenvalue weighted by molar-refractivity contribution is 5.56. The minimum atomic E-state index is 0.559. The molecule has 3 aromatic rings. The van der Waals surface area contributed by atoms with E-state index in [0.717, 1.165) is 61.2 Å². The second kappa shape index (κ2) is 7.01. The second-order valence-electron chi connectivity index (χ2n) is 6.41. The van der Waals surface area contributed by atoms with Crippen LogP contribution in [0.2, 0.25) is 0 Å². The van der Waals surface area contributed by atoms with Gasteiger partial charge in [0.2, 0.25) is 0 Å². The van der Waals surface area contributed by atoms with Gasteiger partial charge in [-0.05, 0) is 18.4 Å². The molecule has 0 radical (unpaired) electrons. The molecular formula is C19H22N6. The Morgan fingerprint density at radius 3 is 2.88 bits per heavy atom. The number of nitrogens with one attached hydrogen (secondary N) is 1. The number of anilines is 1. The van der Waals surface area contributed by atoms with E-state index in [1.54, 1.807) is 0 Å². The maximum atomic E-state index is 4.64. The lowest BCUT2D eigenvalue weighted by atomic mass is 9.99. The van der Waals surface area contributed by atoms with Gasteiger partial charge in [0.1, 0.15) is 17.5 Å². The van der Waals surface area contributed by atoms with Crippen molar-refractivity contribution in [2.24, 2.45) is 5.92 Å². The first-order valence-electron chi connectivity index (χ1n) is 8.86. The molecule has 0 bridgehead atoms. The summed E-state index contributed by atoms with van der Waals surface area (Å²) in [6.45, 7) is 4.01. The Hall–Kier alpha value is -2.76. The molecule has 0 amide bonds. The monoisotopic (exact) mass is 334 g/mol. The third kappa shape index (κ3) is 3.38. The van der Waals surface area contributed by atoms with Gasteiger partial charge in [0.25, 0.3) is 0 Å². The van der Waals surface area contributed by atoms with E-state index in [1.165, 1.54) is 0 Å². The van der Waals surface area contributed by atoms with E-state index >= 15 is 0 Å². The van der Waals surface area contributed by atoms with E-state index in [1.807, 2.05) is 42.6 Å². The van der Waals surface area contributed by atoms with Crippen LogP contribution in [0.5, 0.6) is 0 Å². The number of hydrogen-bond acceptors (Lipinski definition) is 5. The molecule has 6 nitrogen and oxygen atoms in total. The molecular weight excluding hydrogens is 312 g/mol. The number of aryl methyl sites for hydroxylation is 2. The minimum absolute atomic E-state index is 0.559. The summed E-state index contributed by atoms with van der Waals surface area (Å²) in [7, 11) is 0. The first-order valence-corrected chi connectivity index (χ1v) is 8.86. The summed E-state index contributed by atoms with van der Waals surface area (Å²) in [4.78, 5) is 9.02. The summed E-state index contributed by atoms with van der Waals surface area (Å²) in [5, 5.41) is 12.1. The van der Waals surface area contributed by atoms with E-state index in [0.29, 0.717) is 5.92 Å². The lowest BCUT2D eigenvalue weighted by Crippen LogP contribution is -2.27. The van der Waals surface area contributed by atoms with Gasteiger partial charge in [-0.15, -0.1) is 10.2 Å². The van der Waals surface area contributed by atoms with Crippen molar-refractivity contribution in [3.05, 3.63) is 54.2 Å². The maximum absolute atomic E-state index is 4.64. The first-order chi connectivity index (χ1) is 12.3. The Balaban J connectivity index is 1.42. The Morgan fingerprint density at radius 1 is 1.16 bits per heavy atom. The molecule has 3 heterocycles. The molecule has 1 aliphatic heterocycles. The minimum Gasteiger partial charge on any atom is -0.370 e. The molecule has 0 saturated heterocycles. The van der Waals surface area contributed by atoms with Gasteiger partial charge in [-0.2, -0.15) is 0 Å². The molecule has 6 heteroatoms. The third-order valence-corrected chi connectivity index (χ3v) is 4.70. The van der Waals surface area contributed by atoms with Gasteiger partial charge in [-0.25, -0.2) is 9.97 Å². The van der Waals surface area contributed by atoms with E-state index in [-0.39, 0.29) is 0 Å². The highest BCUT2D eigenvalue weighted by Crippen LogP contribution is 2.21. The van der Waals surface area contributed by atoms with Crippen LogP contribution >= 0.6 is 0 Å². The summed E-state index contributed by atoms with van der Waals surface area (Å²) in [6.07, 6.45) is 4.87. The second-order valence-corrected chi connectivity index (χ2v) is 6.41. The summed E-state index contributed by atoms with van der Waals surface area (Å²) in [5.41, 5.74) is 1.03. The molecule has 4 rings (SSSR count). The van der Waals surface area contributed by atoms with Gasteiger partial charge in [0.15, 0.2) is 5.82 Å². The normalized spacial score (nSPS) is 16.4. The molecule has 0 fully saturated rings. The summed E-state index contributed by atoms with van der Waals surface area (Å²) in [6, 6.07) is 12.0. The maximum Gasteiger partial charge on any atom is 0.161 e. The van der Waals surface area contributed by atoms with E-state index in [4.69, 9.17) is 0 Å². The molecule has 1 aromatic carbocycles. The Kier molecular flexibility index (Phi) is 4.41. The summed E-state index contributed by atoms with van der Waals surface area (Å²) >= 11 is 0. The molecule has 128 valence electrons. The van der Waals surface area contributed by atoms with Crippen LogP contribution in [0, 0.1) is 5.92 Å². The van der Waals surface area contributed by atoms with Crippen molar-refractivity contribution >= 4 is 5.82 Å². The lowest BCUT2D eigenvalue weighted by molar-refractivity contribution is 0.374. The smallest absolute Gasteiger partial charge is 0.161 e. The van der Waals surface area contributed by atoms with E-state index in [9.17, 15) is 0 Å². The predicted molar refractivity (Wildman–Crippen MR) is 97.2 cm³/mol. The topological polar surface area (TPSA) is 68.5 Å². The third-order valence-electron chi connectivity index (χ3n) is 4.70. The van der Waals surface area contributed by atoms with Crippen molar-refractivity contribution in [2.45, 2.75) is 32.7 Å². The molecule has 1 atom stereocenters. The highest BCUT2D eigenvalue weighted by atomic mass is 15.3. The molecule has 1 aliphatic rings. The number of hydrogen-bond donors (Lipinski definition) is 1. The van der Waals surface area contributed by atoms with Crippen molar-refractivity contribution in [3.63, 3.8) is 0 Å². The van der Waals surface area contributed by atoms with Crippen LogP contribution < -0.4 is 5.32 Å². The molecule has 1 unspecified atom stereocenters. The van der Waals surface area contributed by atoms with Crippen molar-refractivity contribution in [1.82, 2.24) is 24.7 Å². The first kappa shape index (κ1) is 15.7. The van der Waals surface area contributed by atoms with Crippen molar-refractivity contribution < 1.29 is 0 Å². The van der Waals surface area contributed by atoms with Gasteiger partial charge in [0, 0.05) is 37.7 Å². The van der Waals surface area contributed by atoms with Gasteiger partial charge in [-0.1, -0.05) is 37.3 Å². The fourth-order valence-electron chi connectivity index (χ4n) is 3.31. The van der Waals surface area contributed by atoms with Crippen LogP contribution in [0.25, 0.3) is 11.4 Å². The van der Waals surface area contributed by atoms with Crippen LogP contribution in [0.1, 0.15) is 25.0 Å². The molecule has 0 saturated carbocycles. The Bertz CT molecular complexity index is 829. The van der Waals surface area contributed by atoms with Gasteiger partial charge in [0.05, 0.1) is 0 Å². The zero-order valence-electron chi connectivity index (χ0n) is 14.4. The van der Waals surface area contributed by atoms with Gasteiger partial charge in [-0.3, -0.25) is 0 Å². The average molecular weight is 334 g/mol. The van der Waals surface area contributed by atoms with Gasteiger partial charge < -0.3 is 9.88 Å². The highest BCUT2D eigenvalue weighted by Gasteiger charge is 2.22. The molecule has 0 aliphatic carbocycles. The fraction of sp³-hybridized carbons (Fsp3) is 0.368. The summed E-state index contributed by atoms with van der Waals surface area (Å²) in [5.74, 6) is 4.40. The van der Waals surface area contributed by atoms with Crippen molar-refractivity contribution in [3.8, 4) is 11.4 Å². The number of rotatable bonds is 5. The standard InChI is InChI=1S/C19H22N6/c1-2-17-23-24-18-9-8-14(13-25(17)18)12-21-16-10-11-20-19(22-16)15-6-4-3-5-7-15/h3-7,10-11,14H,2,8-9,12-13H2,1H3,(H,20,21,22). The Morgan fingerprint density at radius 2 is 2.04 bits per heavy atom. The fourth-order valence-corrected chi connectivity index (χ4v) is 3.31. The molecule has 1 N–H and O–H groups in total. The van der Waals surface area contributed by atoms with E-state index in [2.05, 4.69) is 37.0 Å². The van der Waals surface area contributed by atoms with Crippen LogP contribution in [0.4, 0.5) is 5.82 Å². The number of nitrogens with zero attached hydrogens (tertiary/aromatic N) is 5. The number of benzene rings is 1. The van der Waals surface area contributed by atoms with E-state index < -0.39 is 0 Å². The van der Waals surface area contributed by atoms with Crippen LogP contribution in [0.15, 0.2) is 42.6 Å². The quantitative estimate of drug-likeness (QED) is 0.777. The number of fused-ring (bicyclic) bond motifs is 1. The largest absolute Gasteiger partial charge is 0.370 e. The van der Waals surface area contributed by atoms with Crippen molar-refractivity contribution in [2.75, 3.05) is 11.9 Å². The lowest BCUT2D eigenvalue weighted by Gasteiger charge is -2.24. The molecule has 25 heavy (non-hydrogen) atoms. The SMILES string of the molecule is CCc1nnc2n1CC(CNc1ccnc(-c3ccccc3)n1)CC2. The average Bonchev–Trinajstić information content (AvgIpc) is 3.09. The zero-order chi connectivity index (χ0) is 17.1. The van der Waals surface area contributed by atoms with Gasteiger partial charge >= 0.3 is 0 Å². The zero-order valence-corrected chi connectivity index (χ0v) is 14.4. The molecule has 0 spiro atoms. The Labute approximate surface area is 147 Å².